The van der Waals surface area contributed by atoms with Gasteiger partial charge in [-0.25, -0.2) is 0 Å². The maximum atomic E-state index is 13.3. The molecule has 2 aromatic rings. The highest BCUT2D eigenvalue weighted by molar-refractivity contribution is 6.30. The quantitative estimate of drug-likeness (QED) is 0.665. The van der Waals surface area contributed by atoms with Gasteiger partial charge >= 0.3 is 0 Å². The summed E-state index contributed by atoms with van der Waals surface area (Å²) in [7, 11) is 1.61. The van der Waals surface area contributed by atoms with Crippen LogP contribution in [0.4, 0.5) is 0 Å². The van der Waals surface area contributed by atoms with E-state index in [2.05, 4.69) is 5.32 Å². The van der Waals surface area contributed by atoms with Gasteiger partial charge in [0.15, 0.2) is 0 Å². The number of rotatable bonds is 8. The summed E-state index contributed by atoms with van der Waals surface area (Å²) >= 11 is 5.96. The van der Waals surface area contributed by atoms with Crippen molar-refractivity contribution in [3.63, 3.8) is 0 Å². The van der Waals surface area contributed by atoms with Gasteiger partial charge in [0.25, 0.3) is 0 Å². The first-order valence-electron chi connectivity index (χ1n) is 10.1. The molecule has 0 bridgehead atoms. The van der Waals surface area contributed by atoms with Crippen molar-refractivity contribution in [3.05, 3.63) is 64.7 Å². The van der Waals surface area contributed by atoms with Crippen LogP contribution in [0.3, 0.4) is 0 Å². The molecule has 0 fully saturated rings. The lowest BCUT2D eigenvalue weighted by atomic mass is 10.0. The minimum absolute atomic E-state index is 0.107. The van der Waals surface area contributed by atoms with Gasteiger partial charge < -0.3 is 15.0 Å². The Morgan fingerprint density at radius 3 is 2.10 bits per heavy atom. The van der Waals surface area contributed by atoms with E-state index in [-0.39, 0.29) is 23.8 Å². The number of carbonyl (C=O) groups excluding carboxylic acids is 2. The second-order valence-electron chi connectivity index (χ2n) is 8.34. The lowest BCUT2D eigenvalue weighted by Gasteiger charge is -2.33. The third-order valence-electron chi connectivity index (χ3n) is 4.66. The first kappa shape index (κ1) is 23.7. The molecule has 0 heterocycles. The number of hydrogen-bond acceptors (Lipinski definition) is 3. The van der Waals surface area contributed by atoms with E-state index < -0.39 is 6.04 Å². The summed E-state index contributed by atoms with van der Waals surface area (Å²) < 4.78 is 5.22. The van der Waals surface area contributed by atoms with E-state index in [1.807, 2.05) is 64.1 Å². The molecule has 0 aliphatic carbocycles. The standard InChI is InChI=1S/C24H31ClN2O3/c1-6-21(23(29)26-24(2,3)4)27(16-18-9-13-20(30-5)14-10-18)22(28)15-17-7-11-19(25)12-8-17/h7-14,21H,6,15-16H2,1-5H3,(H,26,29)/t21-/m0/s1. The largest absolute Gasteiger partial charge is 0.497 e. The normalized spacial score (nSPS) is 12.2. The first-order valence-corrected chi connectivity index (χ1v) is 10.5. The van der Waals surface area contributed by atoms with Crippen molar-refractivity contribution in [1.29, 1.82) is 0 Å². The molecule has 5 nitrogen and oxygen atoms in total. The molecule has 2 aromatic carbocycles. The Labute approximate surface area is 184 Å². The second-order valence-corrected chi connectivity index (χ2v) is 8.77. The van der Waals surface area contributed by atoms with Crippen molar-refractivity contribution in [2.24, 2.45) is 0 Å². The Hall–Kier alpha value is -2.53. The van der Waals surface area contributed by atoms with Gasteiger partial charge in [0.2, 0.25) is 11.8 Å². The Balaban J connectivity index is 2.29. The molecule has 0 radical (unpaired) electrons. The fraction of sp³-hybridized carbons (Fsp3) is 0.417. The third kappa shape index (κ3) is 7.06. The number of nitrogens with one attached hydrogen (secondary N) is 1. The lowest BCUT2D eigenvalue weighted by Crippen LogP contribution is -2.53. The van der Waals surface area contributed by atoms with Gasteiger partial charge in [0.1, 0.15) is 11.8 Å². The van der Waals surface area contributed by atoms with Crippen molar-refractivity contribution in [3.8, 4) is 5.75 Å². The molecule has 0 saturated heterocycles. The number of nitrogens with zero attached hydrogens (tertiary/aromatic N) is 1. The van der Waals surface area contributed by atoms with Crippen LogP contribution in [0.1, 0.15) is 45.2 Å². The monoisotopic (exact) mass is 430 g/mol. The summed E-state index contributed by atoms with van der Waals surface area (Å²) in [6.45, 7) is 8.05. The number of amides is 2. The Morgan fingerprint density at radius 1 is 1.03 bits per heavy atom. The number of benzene rings is 2. The molecule has 2 amide bonds. The van der Waals surface area contributed by atoms with Gasteiger partial charge in [0.05, 0.1) is 13.5 Å². The van der Waals surface area contributed by atoms with Crippen molar-refractivity contribution in [2.75, 3.05) is 7.11 Å². The Kier molecular flexibility index (Phi) is 8.30. The molecule has 6 heteroatoms. The van der Waals surface area contributed by atoms with Crippen molar-refractivity contribution >= 4 is 23.4 Å². The molecule has 0 saturated carbocycles. The van der Waals surface area contributed by atoms with Gasteiger partial charge in [-0.2, -0.15) is 0 Å². The van der Waals surface area contributed by atoms with Gasteiger partial charge in [-0.1, -0.05) is 42.8 Å². The van der Waals surface area contributed by atoms with Crippen LogP contribution in [0, 0.1) is 0 Å². The molecule has 1 N–H and O–H groups in total. The topological polar surface area (TPSA) is 58.6 Å². The smallest absolute Gasteiger partial charge is 0.243 e. The van der Waals surface area contributed by atoms with E-state index in [0.717, 1.165) is 16.9 Å². The minimum atomic E-state index is -0.564. The van der Waals surface area contributed by atoms with Crippen molar-refractivity contribution in [2.45, 2.75) is 58.7 Å². The van der Waals surface area contributed by atoms with E-state index in [0.29, 0.717) is 18.0 Å². The predicted octanol–water partition coefficient (Wildman–Crippen LogP) is 4.61. The average Bonchev–Trinajstić information content (AvgIpc) is 2.68. The van der Waals surface area contributed by atoms with Crippen LogP contribution >= 0.6 is 11.6 Å². The summed E-state index contributed by atoms with van der Waals surface area (Å²) in [6.07, 6.45) is 0.719. The highest BCUT2D eigenvalue weighted by Crippen LogP contribution is 2.19. The number of methoxy groups -OCH3 is 1. The van der Waals surface area contributed by atoms with Crippen molar-refractivity contribution in [1.82, 2.24) is 10.2 Å². The number of halogens is 1. The maximum Gasteiger partial charge on any atom is 0.243 e. The molecule has 2 rings (SSSR count). The summed E-state index contributed by atoms with van der Waals surface area (Å²) in [4.78, 5) is 27.9. The molecule has 0 unspecified atom stereocenters. The SMILES string of the molecule is CC[C@@H](C(=O)NC(C)(C)C)N(Cc1ccc(OC)cc1)C(=O)Cc1ccc(Cl)cc1. The van der Waals surface area contributed by atoms with Crippen LogP contribution in [-0.4, -0.2) is 35.4 Å². The van der Waals surface area contributed by atoms with E-state index in [1.54, 1.807) is 24.1 Å². The zero-order valence-electron chi connectivity index (χ0n) is 18.4. The average molecular weight is 431 g/mol. The molecule has 0 aliphatic rings. The van der Waals surface area contributed by atoms with Crippen LogP contribution in [0.15, 0.2) is 48.5 Å². The number of hydrogen-bond donors (Lipinski definition) is 1. The van der Waals surface area contributed by atoms with E-state index in [4.69, 9.17) is 16.3 Å². The molecule has 30 heavy (non-hydrogen) atoms. The molecule has 162 valence electrons. The summed E-state index contributed by atoms with van der Waals surface area (Å²) in [6, 6.07) is 14.2. The molecule has 0 spiro atoms. The highest BCUT2D eigenvalue weighted by Gasteiger charge is 2.30. The minimum Gasteiger partial charge on any atom is -0.497 e. The first-order chi connectivity index (χ1) is 14.1. The molecule has 0 aliphatic heterocycles. The Morgan fingerprint density at radius 2 is 1.60 bits per heavy atom. The zero-order chi connectivity index (χ0) is 22.3. The molecular weight excluding hydrogens is 400 g/mol. The molecular formula is C24H31ClN2O3. The van der Waals surface area contributed by atoms with Crippen LogP contribution in [0.25, 0.3) is 0 Å². The van der Waals surface area contributed by atoms with Gasteiger partial charge in [-0.05, 0) is 62.6 Å². The lowest BCUT2D eigenvalue weighted by molar-refractivity contribution is -0.141. The van der Waals surface area contributed by atoms with Gasteiger partial charge in [-0.15, -0.1) is 0 Å². The Bertz CT molecular complexity index is 842. The summed E-state index contributed by atoms with van der Waals surface area (Å²) in [5.41, 5.74) is 1.41. The predicted molar refractivity (Wildman–Crippen MR) is 121 cm³/mol. The third-order valence-corrected chi connectivity index (χ3v) is 4.92. The van der Waals surface area contributed by atoms with Crippen molar-refractivity contribution < 1.29 is 14.3 Å². The maximum absolute atomic E-state index is 13.3. The van der Waals surface area contributed by atoms with Crippen LogP contribution < -0.4 is 10.1 Å². The van der Waals surface area contributed by atoms with E-state index >= 15 is 0 Å². The van der Waals surface area contributed by atoms with E-state index in [1.165, 1.54) is 0 Å². The highest BCUT2D eigenvalue weighted by atomic mass is 35.5. The molecule has 1 atom stereocenters. The molecule has 0 aromatic heterocycles. The van der Waals surface area contributed by atoms with Crippen LogP contribution in [0.2, 0.25) is 5.02 Å². The second kappa shape index (κ2) is 10.5. The fourth-order valence-electron chi connectivity index (χ4n) is 3.18. The summed E-state index contributed by atoms with van der Waals surface area (Å²) in [5, 5.41) is 3.63. The number of carbonyl (C=O) groups is 2. The number of ether oxygens (including phenoxy) is 1. The fourth-order valence-corrected chi connectivity index (χ4v) is 3.30. The summed E-state index contributed by atoms with van der Waals surface area (Å²) in [5.74, 6) is 0.488. The van der Waals surface area contributed by atoms with Gasteiger partial charge in [0, 0.05) is 17.1 Å². The van der Waals surface area contributed by atoms with Crippen LogP contribution in [0.5, 0.6) is 5.75 Å². The van der Waals surface area contributed by atoms with Crippen LogP contribution in [-0.2, 0) is 22.6 Å². The van der Waals surface area contributed by atoms with Gasteiger partial charge in [-0.3, -0.25) is 9.59 Å². The van der Waals surface area contributed by atoms with E-state index in [9.17, 15) is 9.59 Å². The zero-order valence-corrected chi connectivity index (χ0v) is 19.1.